The maximum atomic E-state index is 12.7. The third-order valence-electron chi connectivity index (χ3n) is 5.83. The molecule has 2 aliphatic rings. The Hall–Kier alpha value is -3.76. The van der Waals surface area contributed by atoms with Gasteiger partial charge in [0.2, 0.25) is 5.96 Å². The van der Waals surface area contributed by atoms with Crippen molar-refractivity contribution in [2.45, 2.75) is 11.3 Å². The van der Waals surface area contributed by atoms with E-state index >= 15 is 0 Å². The molecule has 0 aliphatic carbocycles. The van der Waals surface area contributed by atoms with Crippen molar-refractivity contribution in [3.63, 3.8) is 0 Å². The number of amides is 1. The second-order valence-corrected chi connectivity index (χ2v) is 11.1. The van der Waals surface area contributed by atoms with Crippen molar-refractivity contribution >= 4 is 38.9 Å². The molecule has 0 aromatic heterocycles. The average molecular weight is 507 g/mol. The molecule has 2 heterocycles. The van der Waals surface area contributed by atoms with Crippen LogP contribution in [-0.2, 0) is 9.84 Å². The zero-order valence-electron chi connectivity index (χ0n) is 20.8. The van der Waals surface area contributed by atoms with Gasteiger partial charge in [-0.1, -0.05) is 0 Å². The maximum Gasteiger partial charge on any atom is 0.253 e. The smallest absolute Gasteiger partial charge is 0.253 e. The van der Waals surface area contributed by atoms with Crippen LogP contribution in [0.15, 0.2) is 87.5 Å². The summed E-state index contributed by atoms with van der Waals surface area (Å²) in [5.41, 5.74) is 3.19. The van der Waals surface area contributed by atoms with E-state index in [1.165, 1.54) is 6.26 Å². The second-order valence-electron chi connectivity index (χ2n) is 9.05. The number of sulfone groups is 1. The molecule has 0 atom stereocenters. The van der Waals surface area contributed by atoms with Crippen molar-refractivity contribution in [1.29, 1.82) is 0 Å². The van der Waals surface area contributed by atoms with Gasteiger partial charge in [0.05, 0.1) is 4.90 Å². The number of nitrogens with one attached hydrogen (secondary N) is 1. The Bertz CT molecular complexity index is 1360. The van der Waals surface area contributed by atoms with Gasteiger partial charge in [-0.2, -0.15) is 4.99 Å². The maximum absolute atomic E-state index is 12.7. The highest BCUT2D eigenvalue weighted by molar-refractivity contribution is 7.90. The Balaban J connectivity index is 1.49. The predicted octanol–water partition coefficient (Wildman–Crippen LogP) is 3.21. The highest BCUT2D eigenvalue weighted by atomic mass is 32.2. The molecule has 0 spiro atoms. The van der Waals surface area contributed by atoms with Crippen molar-refractivity contribution in [1.82, 2.24) is 9.80 Å². The summed E-state index contributed by atoms with van der Waals surface area (Å²) in [6, 6.07) is 13.9. The van der Waals surface area contributed by atoms with Crippen molar-refractivity contribution in [2.24, 2.45) is 9.98 Å². The molecule has 2 aromatic carbocycles. The number of allylic oxidation sites excluding steroid dienone is 1. The number of hydrogen-bond acceptors (Lipinski definition) is 8. The standard InChI is InChI=1S/C26H30N6O3S/c1-30(2)15-16-31(3)25(33)20-5-7-21(8-6-20)28-26-27-18-19-13-14-32(24(17-19)29-26)22-9-11-23(12-10-22)36(4,34)35/h5-14,18H,15-17H2,1-4H3,(H,27,28). The van der Waals surface area contributed by atoms with Crippen LogP contribution in [0.1, 0.15) is 16.8 Å². The third kappa shape index (κ3) is 6.07. The summed E-state index contributed by atoms with van der Waals surface area (Å²) in [4.78, 5) is 27.8. The molecule has 36 heavy (non-hydrogen) atoms. The van der Waals surface area contributed by atoms with Crippen LogP contribution in [0.5, 0.6) is 0 Å². The lowest BCUT2D eigenvalue weighted by atomic mass is 10.1. The van der Waals surface area contributed by atoms with E-state index in [0.29, 0.717) is 24.5 Å². The number of hydrogen-bond donors (Lipinski definition) is 1. The van der Waals surface area contributed by atoms with Gasteiger partial charge >= 0.3 is 0 Å². The summed E-state index contributed by atoms with van der Waals surface area (Å²) in [6.45, 7) is 1.45. The monoisotopic (exact) mass is 506 g/mol. The second kappa shape index (κ2) is 10.5. The van der Waals surface area contributed by atoms with Crippen molar-refractivity contribution in [3.8, 4) is 0 Å². The Morgan fingerprint density at radius 2 is 1.72 bits per heavy atom. The summed E-state index contributed by atoms with van der Waals surface area (Å²) < 4.78 is 23.6. The first-order chi connectivity index (χ1) is 17.1. The van der Waals surface area contributed by atoms with Gasteiger partial charge in [-0.25, -0.2) is 13.4 Å². The summed E-state index contributed by atoms with van der Waals surface area (Å²) in [5, 5.41) is 3.22. The van der Waals surface area contributed by atoms with Gasteiger partial charge in [-0.3, -0.25) is 4.79 Å². The molecule has 1 N–H and O–H groups in total. The Kier molecular flexibility index (Phi) is 7.37. The Morgan fingerprint density at radius 3 is 2.36 bits per heavy atom. The number of benzene rings is 2. The van der Waals surface area contributed by atoms with Gasteiger partial charge < -0.3 is 20.0 Å². The predicted molar refractivity (Wildman–Crippen MR) is 144 cm³/mol. The first kappa shape index (κ1) is 25.3. The van der Waals surface area contributed by atoms with E-state index in [1.807, 2.05) is 48.3 Å². The normalized spacial score (nSPS) is 15.1. The SMILES string of the molecule is CN(C)CCN(C)C(=O)c1ccc(NC2=NC=C3C=CN(c4ccc(S(C)(=O)=O)cc4)C(=N2)C3)cc1. The van der Waals surface area contributed by atoms with Crippen molar-refractivity contribution < 1.29 is 13.2 Å². The number of aliphatic imine (C=N–C) groups is 2. The van der Waals surface area contributed by atoms with Crippen LogP contribution < -0.4 is 10.2 Å². The van der Waals surface area contributed by atoms with Crippen LogP contribution in [-0.4, -0.2) is 76.4 Å². The van der Waals surface area contributed by atoms with Gasteiger partial charge in [0.1, 0.15) is 5.84 Å². The number of fused-ring (bicyclic) bond motifs is 2. The van der Waals surface area contributed by atoms with Crippen LogP contribution in [0, 0.1) is 0 Å². The largest absolute Gasteiger partial charge is 0.340 e. The Labute approximate surface area is 212 Å². The van der Waals surface area contributed by atoms with E-state index in [-0.39, 0.29) is 10.8 Å². The van der Waals surface area contributed by atoms with E-state index < -0.39 is 9.84 Å². The number of guanidine groups is 1. The topological polar surface area (TPSA) is 97.7 Å². The first-order valence-corrected chi connectivity index (χ1v) is 13.4. The van der Waals surface area contributed by atoms with Crippen molar-refractivity contribution in [3.05, 3.63) is 78.1 Å². The molecule has 0 radical (unpaired) electrons. The van der Waals surface area contributed by atoms with Crippen LogP contribution in [0.25, 0.3) is 0 Å². The van der Waals surface area contributed by atoms with Gasteiger partial charge in [-0.05, 0) is 74.3 Å². The molecule has 9 nitrogen and oxygen atoms in total. The molecule has 1 amide bonds. The summed E-state index contributed by atoms with van der Waals surface area (Å²) >= 11 is 0. The molecule has 10 heteroatoms. The number of rotatable bonds is 7. The Morgan fingerprint density at radius 1 is 1.03 bits per heavy atom. The average Bonchev–Trinajstić information content (AvgIpc) is 3.00. The zero-order valence-corrected chi connectivity index (χ0v) is 21.7. The molecule has 2 aliphatic heterocycles. The molecular formula is C26H30N6O3S. The number of amidine groups is 1. The molecular weight excluding hydrogens is 476 g/mol. The summed E-state index contributed by atoms with van der Waals surface area (Å²) in [6.07, 6.45) is 7.41. The van der Waals surface area contributed by atoms with Crippen LogP contribution in [0.3, 0.4) is 0 Å². The van der Waals surface area contributed by atoms with Gasteiger partial charge in [0, 0.05) is 62.2 Å². The molecule has 0 saturated heterocycles. The minimum atomic E-state index is -3.27. The minimum Gasteiger partial charge on any atom is -0.340 e. The molecule has 2 aromatic rings. The number of likely N-dealkylation sites (N-methyl/N-ethyl adjacent to an activating group) is 2. The molecule has 0 saturated carbocycles. The molecule has 0 unspecified atom stereocenters. The number of carbonyl (C=O) groups excluding carboxylic acids is 1. The molecule has 188 valence electrons. The van der Waals surface area contributed by atoms with E-state index in [1.54, 1.807) is 54.5 Å². The highest BCUT2D eigenvalue weighted by Crippen LogP contribution is 2.26. The fourth-order valence-electron chi connectivity index (χ4n) is 3.71. The lowest BCUT2D eigenvalue weighted by molar-refractivity contribution is 0.0786. The van der Waals surface area contributed by atoms with Crippen molar-refractivity contribution in [2.75, 3.05) is 50.7 Å². The highest BCUT2D eigenvalue weighted by Gasteiger charge is 2.21. The van der Waals surface area contributed by atoms with E-state index in [9.17, 15) is 13.2 Å². The number of carbonyl (C=O) groups is 1. The van der Waals surface area contributed by atoms with E-state index in [0.717, 1.165) is 29.3 Å². The number of nitrogens with zero attached hydrogens (tertiary/aromatic N) is 5. The van der Waals surface area contributed by atoms with Gasteiger partial charge in [-0.15, -0.1) is 0 Å². The summed E-state index contributed by atoms with van der Waals surface area (Å²) in [7, 11) is 2.49. The van der Waals surface area contributed by atoms with Crippen LogP contribution in [0.4, 0.5) is 11.4 Å². The number of anilines is 2. The molecule has 2 bridgehead atoms. The first-order valence-electron chi connectivity index (χ1n) is 11.5. The third-order valence-corrected chi connectivity index (χ3v) is 6.95. The minimum absolute atomic E-state index is 0.0300. The quantitative estimate of drug-likeness (QED) is 0.619. The zero-order chi connectivity index (χ0) is 25.9. The van der Waals surface area contributed by atoms with Crippen LogP contribution >= 0.6 is 0 Å². The van der Waals surface area contributed by atoms with E-state index in [2.05, 4.69) is 10.3 Å². The lowest BCUT2D eigenvalue weighted by Crippen LogP contribution is -2.33. The summed E-state index contributed by atoms with van der Waals surface area (Å²) in [5.74, 6) is 1.15. The van der Waals surface area contributed by atoms with Crippen LogP contribution in [0.2, 0.25) is 0 Å². The van der Waals surface area contributed by atoms with Gasteiger partial charge in [0.25, 0.3) is 5.91 Å². The fraction of sp³-hybridized carbons (Fsp3) is 0.269. The van der Waals surface area contributed by atoms with E-state index in [4.69, 9.17) is 4.99 Å². The lowest BCUT2D eigenvalue weighted by Gasteiger charge is -2.26. The molecule has 4 rings (SSSR count). The van der Waals surface area contributed by atoms with Gasteiger partial charge in [0.15, 0.2) is 9.84 Å². The molecule has 0 fully saturated rings. The fourth-order valence-corrected chi connectivity index (χ4v) is 4.34.